The first-order valence-corrected chi connectivity index (χ1v) is 9.43. The van der Waals surface area contributed by atoms with Gasteiger partial charge in [-0.25, -0.2) is 17.6 Å². The average Bonchev–Trinajstić information content (AvgIpc) is 3.15. The van der Waals surface area contributed by atoms with Gasteiger partial charge in [-0.1, -0.05) is 12.1 Å². The van der Waals surface area contributed by atoms with Gasteiger partial charge in [0, 0.05) is 11.1 Å². The van der Waals surface area contributed by atoms with E-state index in [2.05, 4.69) is 0 Å². The molecule has 140 valence electrons. The van der Waals surface area contributed by atoms with Crippen molar-refractivity contribution in [2.45, 2.75) is 10.6 Å². The van der Waals surface area contributed by atoms with Crippen LogP contribution >= 0.6 is 0 Å². The average molecular weight is 390 g/mol. The zero-order chi connectivity index (χ0) is 19.6. The lowest BCUT2D eigenvalue weighted by Crippen LogP contribution is -2.12. The summed E-state index contributed by atoms with van der Waals surface area (Å²) in [5.74, 6) is -2.41. The number of hydrogen-bond acceptors (Lipinski definition) is 5. The summed E-state index contributed by atoms with van der Waals surface area (Å²) in [6, 6.07) is 8.99. The minimum Gasteiger partial charge on any atom is -0.495 e. The van der Waals surface area contributed by atoms with Crippen molar-refractivity contribution in [3.05, 3.63) is 71.9 Å². The highest BCUT2D eigenvalue weighted by Gasteiger charge is 2.25. The molecular formula is C19H15FO6S. The SMILES string of the molecule is COc1c(-c2ccoc2)ccc(CS(=O)(=O)c2ccc(F)cc2)c1C(=O)O. The highest BCUT2D eigenvalue weighted by molar-refractivity contribution is 7.90. The number of furan rings is 1. The Morgan fingerprint density at radius 1 is 1.15 bits per heavy atom. The van der Waals surface area contributed by atoms with E-state index in [1.165, 1.54) is 25.7 Å². The minimum atomic E-state index is -3.88. The molecule has 3 rings (SSSR count). The first kappa shape index (κ1) is 18.7. The maximum Gasteiger partial charge on any atom is 0.339 e. The number of aromatic carboxylic acids is 1. The molecule has 0 saturated carbocycles. The van der Waals surface area contributed by atoms with E-state index in [-0.39, 0.29) is 21.8 Å². The van der Waals surface area contributed by atoms with Gasteiger partial charge in [0.15, 0.2) is 9.84 Å². The third-order valence-electron chi connectivity index (χ3n) is 4.01. The molecule has 0 saturated heterocycles. The summed E-state index contributed by atoms with van der Waals surface area (Å²) in [5.41, 5.74) is 0.881. The van der Waals surface area contributed by atoms with Crippen molar-refractivity contribution in [2.75, 3.05) is 7.11 Å². The summed E-state index contributed by atoms with van der Waals surface area (Å²) in [4.78, 5) is 11.7. The van der Waals surface area contributed by atoms with E-state index >= 15 is 0 Å². The second-order valence-electron chi connectivity index (χ2n) is 5.71. The highest BCUT2D eigenvalue weighted by Crippen LogP contribution is 2.36. The lowest BCUT2D eigenvalue weighted by molar-refractivity contribution is 0.0692. The molecule has 0 radical (unpaired) electrons. The molecule has 1 N–H and O–H groups in total. The smallest absolute Gasteiger partial charge is 0.339 e. The van der Waals surface area contributed by atoms with Crippen LogP contribution in [0.4, 0.5) is 4.39 Å². The van der Waals surface area contributed by atoms with Crippen LogP contribution in [0, 0.1) is 5.82 Å². The molecule has 0 spiro atoms. The first-order valence-electron chi connectivity index (χ1n) is 7.77. The molecule has 0 aliphatic heterocycles. The second kappa shape index (κ2) is 7.24. The Hall–Kier alpha value is -3.13. The lowest BCUT2D eigenvalue weighted by Gasteiger charge is -2.15. The summed E-state index contributed by atoms with van der Waals surface area (Å²) < 4.78 is 48.6. The predicted molar refractivity (Wildman–Crippen MR) is 94.9 cm³/mol. The third-order valence-corrected chi connectivity index (χ3v) is 5.69. The third kappa shape index (κ3) is 3.70. The van der Waals surface area contributed by atoms with E-state index < -0.39 is 27.4 Å². The number of rotatable bonds is 6. The van der Waals surface area contributed by atoms with Gasteiger partial charge in [0.1, 0.15) is 17.1 Å². The van der Waals surface area contributed by atoms with E-state index in [9.17, 15) is 22.7 Å². The van der Waals surface area contributed by atoms with Crippen LogP contribution in [-0.4, -0.2) is 26.6 Å². The minimum absolute atomic E-state index is 0.0377. The maximum absolute atomic E-state index is 13.1. The molecule has 0 amide bonds. The Kier molecular flexibility index (Phi) is 5.00. The van der Waals surface area contributed by atoms with Crippen molar-refractivity contribution >= 4 is 15.8 Å². The summed E-state index contributed by atoms with van der Waals surface area (Å²) in [6.07, 6.45) is 2.86. The molecule has 0 fully saturated rings. The number of carboxylic acid groups (broad SMARTS) is 1. The normalized spacial score (nSPS) is 11.3. The maximum atomic E-state index is 13.1. The van der Waals surface area contributed by atoms with Crippen LogP contribution in [0.3, 0.4) is 0 Å². The van der Waals surface area contributed by atoms with Gasteiger partial charge < -0.3 is 14.3 Å². The fourth-order valence-corrected chi connectivity index (χ4v) is 4.13. The molecule has 0 atom stereocenters. The second-order valence-corrected chi connectivity index (χ2v) is 7.70. The topological polar surface area (TPSA) is 93.8 Å². The Morgan fingerprint density at radius 3 is 2.41 bits per heavy atom. The number of ether oxygens (including phenoxy) is 1. The lowest BCUT2D eigenvalue weighted by atomic mass is 9.99. The molecule has 27 heavy (non-hydrogen) atoms. The van der Waals surface area contributed by atoms with Crippen LogP contribution in [0.2, 0.25) is 0 Å². The fraction of sp³-hybridized carbons (Fsp3) is 0.105. The fourth-order valence-electron chi connectivity index (χ4n) is 2.77. The summed E-state index contributed by atoms with van der Waals surface area (Å²) >= 11 is 0. The van der Waals surface area contributed by atoms with Crippen molar-refractivity contribution in [1.82, 2.24) is 0 Å². The molecule has 0 aliphatic rings. The van der Waals surface area contributed by atoms with Crippen LogP contribution in [0.15, 0.2) is 64.3 Å². The molecule has 0 aliphatic carbocycles. The Labute approximate surface area is 154 Å². The summed E-state index contributed by atoms with van der Waals surface area (Å²) in [6.45, 7) is 0. The largest absolute Gasteiger partial charge is 0.495 e. The molecule has 0 bridgehead atoms. The Morgan fingerprint density at radius 2 is 1.85 bits per heavy atom. The van der Waals surface area contributed by atoms with Crippen LogP contribution < -0.4 is 4.74 Å². The monoisotopic (exact) mass is 390 g/mol. The number of carbonyl (C=O) groups is 1. The molecular weight excluding hydrogens is 375 g/mol. The Balaban J connectivity index is 2.10. The van der Waals surface area contributed by atoms with Crippen molar-refractivity contribution in [3.8, 4) is 16.9 Å². The van der Waals surface area contributed by atoms with Crippen LogP contribution in [0.5, 0.6) is 5.75 Å². The van der Waals surface area contributed by atoms with Gasteiger partial charge in [0.05, 0.1) is 30.3 Å². The standard InChI is InChI=1S/C19H15FO6S/c1-25-18-16(12-8-9-26-10-12)7-2-13(17(18)19(21)22)11-27(23,24)15-5-3-14(20)4-6-15/h2-10H,11H2,1H3,(H,21,22). The van der Waals surface area contributed by atoms with Crippen molar-refractivity contribution in [2.24, 2.45) is 0 Å². The van der Waals surface area contributed by atoms with E-state index in [0.717, 1.165) is 24.3 Å². The quantitative estimate of drug-likeness (QED) is 0.644. The van der Waals surface area contributed by atoms with Gasteiger partial charge in [-0.2, -0.15) is 0 Å². The number of methoxy groups -OCH3 is 1. The molecule has 0 unspecified atom stereocenters. The van der Waals surface area contributed by atoms with E-state index in [0.29, 0.717) is 11.1 Å². The van der Waals surface area contributed by atoms with Crippen molar-refractivity contribution in [3.63, 3.8) is 0 Å². The molecule has 2 aromatic carbocycles. The van der Waals surface area contributed by atoms with E-state index in [1.807, 2.05) is 0 Å². The molecule has 1 heterocycles. The van der Waals surface area contributed by atoms with Gasteiger partial charge in [-0.05, 0) is 35.9 Å². The van der Waals surface area contributed by atoms with Gasteiger partial charge in [0.2, 0.25) is 0 Å². The summed E-state index contributed by atoms with van der Waals surface area (Å²) in [7, 11) is -2.57. The Bertz CT molecular complexity index is 1070. The van der Waals surface area contributed by atoms with Gasteiger partial charge >= 0.3 is 5.97 Å². The molecule has 1 aromatic heterocycles. The van der Waals surface area contributed by atoms with Crippen LogP contribution in [0.1, 0.15) is 15.9 Å². The van der Waals surface area contributed by atoms with Gasteiger partial charge in [0.25, 0.3) is 0 Å². The number of halogens is 1. The number of hydrogen-bond donors (Lipinski definition) is 1. The number of carboxylic acids is 1. The predicted octanol–water partition coefficient (Wildman–Crippen LogP) is 3.77. The molecule has 6 nitrogen and oxygen atoms in total. The van der Waals surface area contributed by atoms with Crippen molar-refractivity contribution in [1.29, 1.82) is 0 Å². The van der Waals surface area contributed by atoms with Gasteiger partial charge in [-0.15, -0.1) is 0 Å². The molecule has 8 heteroatoms. The highest BCUT2D eigenvalue weighted by atomic mass is 32.2. The first-order chi connectivity index (χ1) is 12.8. The molecule has 3 aromatic rings. The number of benzene rings is 2. The zero-order valence-electron chi connectivity index (χ0n) is 14.2. The summed E-state index contributed by atoms with van der Waals surface area (Å²) in [5, 5.41) is 9.66. The van der Waals surface area contributed by atoms with Crippen molar-refractivity contribution < 1.29 is 31.9 Å². The van der Waals surface area contributed by atoms with E-state index in [1.54, 1.807) is 12.1 Å². The zero-order valence-corrected chi connectivity index (χ0v) is 15.0. The number of sulfone groups is 1. The van der Waals surface area contributed by atoms with E-state index in [4.69, 9.17) is 9.15 Å². The van der Waals surface area contributed by atoms with Crippen LogP contribution in [0.25, 0.3) is 11.1 Å². The van der Waals surface area contributed by atoms with Crippen LogP contribution in [-0.2, 0) is 15.6 Å². The van der Waals surface area contributed by atoms with Gasteiger partial charge in [-0.3, -0.25) is 0 Å².